The normalized spacial score (nSPS) is 18.7. The van der Waals surface area contributed by atoms with Gasteiger partial charge >= 0.3 is 0 Å². The van der Waals surface area contributed by atoms with Crippen LogP contribution in [0.5, 0.6) is 0 Å². The van der Waals surface area contributed by atoms with Crippen molar-refractivity contribution in [1.82, 2.24) is 15.2 Å². The molecule has 0 atom stereocenters. The summed E-state index contributed by atoms with van der Waals surface area (Å²) in [7, 11) is 0. The third-order valence-electron chi connectivity index (χ3n) is 5.52. The van der Waals surface area contributed by atoms with Gasteiger partial charge in [0.05, 0.1) is 18.9 Å². The van der Waals surface area contributed by atoms with Crippen LogP contribution in [0.2, 0.25) is 0 Å². The van der Waals surface area contributed by atoms with Gasteiger partial charge in [-0.15, -0.1) is 11.3 Å². The van der Waals surface area contributed by atoms with Crippen LogP contribution in [0.1, 0.15) is 46.6 Å². The number of nitrogen functional groups attached to an aromatic ring is 1. The first-order chi connectivity index (χ1) is 13.2. The van der Waals surface area contributed by atoms with Gasteiger partial charge in [0.1, 0.15) is 9.71 Å². The number of hydrogen-bond acceptors (Lipinski definition) is 6. The molecule has 146 valence electrons. The summed E-state index contributed by atoms with van der Waals surface area (Å²) in [4.78, 5) is 21.3. The first-order valence-corrected chi connectivity index (χ1v) is 10.8. The Kier molecular flexibility index (Phi) is 5.90. The molecule has 0 spiro atoms. The Morgan fingerprint density at radius 3 is 2.81 bits per heavy atom. The lowest BCUT2D eigenvalue weighted by Crippen LogP contribution is -2.41. The fraction of sp³-hybridized carbons (Fsp3) is 0.600. The maximum Gasteiger partial charge on any atom is 0.263 e. The monoisotopic (exact) mass is 388 g/mol. The predicted molar refractivity (Wildman–Crippen MR) is 110 cm³/mol. The minimum atomic E-state index is -0.0869. The zero-order valence-corrected chi connectivity index (χ0v) is 16.6. The fourth-order valence-electron chi connectivity index (χ4n) is 3.91. The molecule has 1 fully saturated rings. The van der Waals surface area contributed by atoms with Gasteiger partial charge in [-0.1, -0.05) is 12.8 Å². The van der Waals surface area contributed by atoms with E-state index in [9.17, 15) is 4.79 Å². The van der Waals surface area contributed by atoms with Crippen molar-refractivity contribution in [1.29, 1.82) is 0 Å². The van der Waals surface area contributed by atoms with Crippen LogP contribution in [-0.2, 0) is 17.6 Å². The van der Waals surface area contributed by atoms with Crippen LogP contribution in [0.25, 0.3) is 10.2 Å². The zero-order chi connectivity index (χ0) is 18.6. The Bertz CT molecular complexity index is 814. The van der Waals surface area contributed by atoms with Crippen molar-refractivity contribution in [3.05, 3.63) is 22.2 Å². The molecule has 1 aliphatic carbocycles. The Hall–Kier alpha value is -1.70. The number of ether oxygens (including phenoxy) is 1. The Balaban J connectivity index is 1.47. The number of nitrogens with zero attached hydrogens (tertiary/aromatic N) is 2. The number of amides is 1. The second-order valence-corrected chi connectivity index (χ2v) is 8.41. The van der Waals surface area contributed by atoms with Crippen molar-refractivity contribution in [2.75, 3.05) is 45.1 Å². The van der Waals surface area contributed by atoms with Crippen molar-refractivity contribution >= 4 is 33.1 Å². The number of morpholine rings is 1. The third kappa shape index (κ3) is 4.25. The Morgan fingerprint density at radius 2 is 2.00 bits per heavy atom. The van der Waals surface area contributed by atoms with Gasteiger partial charge < -0.3 is 15.8 Å². The van der Waals surface area contributed by atoms with Gasteiger partial charge in [-0.05, 0) is 37.3 Å². The highest BCUT2D eigenvalue weighted by Crippen LogP contribution is 2.35. The number of hydrogen-bond donors (Lipinski definition) is 2. The topological polar surface area (TPSA) is 80.5 Å². The summed E-state index contributed by atoms with van der Waals surface area (Å²) in [6, 6.07) is 2.18. The highest BCUT2D eigenvalue weighted by atomic mass is 32.1. The molecule has 2 aromatic heterocycles. The SMILES string of the molecule is Nc1c(C(=O)NCCN2CCOCC2)sc2nc3c(cc12)CCCCCC3. The average Bonchev–Trinajstić information content (AvgIpc) is 2.98. The van der Waals surface area contributed by atoms with Gasteiger partial charge in [-0.3, -0.25) is 9.69 Å². The number of thiophene rings is 1. The van der Waals surface area contributed by atoms with Gasteiger partial charge in [0.25, 0.3) is 5.91 Å². The van der Waals surface area contributed by atoms with Crippen LogP contribution in [-0.4, -0.2) is 55.2 Å². The summed E-state index contributed by atoms with van der Waals surface area (Å²) in [5.74, 6) is -0.0869. The summed E-state index contributed by atoms with van der Waals surface area (Å²) in [5.41, 5.74) is 9.43. The number of pyridine rings is 1. The second-order valence-electron chi connectivity index (χ2n) is 7.42. The number of rotatable bonds is 4. The maximum atomic E-state index is 12.7. The number of carbonyl (C=O) groups excluding carboxylic acids is 1. The standard InChI is InChI=1S/C20H28N4O2S/c21-17-15-13-14-5-3-1-2-4-6-16(14)23-20(15)27-18(17)19(25)22-7-8-24-9-11-26-12-10-24/h13H,1-12,21H2,(H,22,25). The van der Waals surface area contributed by atoms with Gasteiger partial charge in [0.15, 0.2) is 0 Å². The van der Waals surface area contributed by atoms with Gasteiger partial charge in [0, 0.05) is 37.3 Å². The minimum absolute atomic E-state index is 0.0869. The number of nitrogens with two attached hydrogens (primary N) is 1. The maximum absolute atomic E-state index is 12.7. The molecule has 2 aromatic rings. The molecule has 3 heterocycles. The third-order valence-corrected chi connectivity index (χ3v) is 6.64. The summed E-state index contributed by atoms with van der Waals surface area (Å²) >= 11 is 1.42. The smallest absolute Gasteiger partial charge is 0.263 e. The molecule has 1 amide bonds. The largest absolute Gasteiger partial charge is 0.397 e. The van der Waals surface area contributed by atoms with Crippen molar-refractivity contribution in [3.63, 3.8) is 0 Å². The molecule has 0 radical (unpaired) electrons. The van der Waals surface area contributed by atoms with Crippen LogP contribution < -0.4 is 11.1 Å². The molecular weight excluding hydrogens is 360 g/mol. The van der Waals surface area contributed by atoms with Crippen molar-refractivity contribution in [2.24, 2.45) is 0 Å². The van der Waals surface area contributed by atoms with Gasteiger partial charge in [-0.2, -0.15) is 0 Å². The molecule has 2 aliphatic rings. The molecule has 0 aromatic carbocycles. The molecule has 7 heteroatoms. The van der Waals surface area contributed by atoms with E-state index in [4.69, 9.17) is 15.5 Å². The van der Waals surface area contributed by atoms with Crippen LogP contribution in [0, 0.1) is 0 Å². The molecule has 0 unspecified atom stereocenters. The fourth-order valence-corrected chi connectivity index (χ4v) is 4.93. The van der Waals surface area contributed by atoms with Crippen molar-refractivity contribution < 1.29 is 9.53 Å². The summed E-state index contributed by atoms with van der Waals surface area (Å²) < 4.78 is 5.35. The molecule has 27 heavy (non-hydrogen) atoms. The van der Waals surface area contributed by atoms with Crippen LogP contribution >= 0.6 is 11.3 Å². The summed E-state index contributed by atoms with van der Waals surface area (Å²) in [6.07, 6.45) is 7.06. The molecule has 1 saturated heterocycles. The number of aromatic nitrogens is 1. The van der Waals surface area contributed by atoms with Gasteiger partial charge in [0.2, 0.25) is 0 Å². The first kappa shape index (κ1) is 18.7. The highest BCUT2D eigenvalue weighted by Gasteiger charge is 2.20. The van der Waals surface area contributed by atoms with E-state index in [1.54, 1.807) is 0 Å². The lowest BCUT2D eigenvalue weighted by atomic mass is 9.96. The second kappa shape index (κ2) is 8.54. The lowest BCUT2D eigenvalue weighted by molar-refractivity contribution is 0.0383. The Labute approximate surface area is 164 Å². The van der Waals surface area contributed by atoms with Gasteiger partial charge in [-0.25, -0.2) is 4.98 Å². The first-order valence-electron chi connectivity index (χ1n) is 10.0. The molecule has 6 nitrogen and oxygen atoms in total. The number of aryl methyl sites for hydroxylation is 2. The predicted octanol–water partition coefficient (Wildman–Crippen LogP) is 2.60. The lowest BCUT2D eigenvalue weighted by Gasteiger charge is -2.26. The highest BCUT2D eigenvalue weighted by molar-refractivity contribution is 7.21. The Morgan fingerprint density at radius 1 is 1.22 bits per heavy atom. The van der Waals surface area contributed by atoms with E-state index in [-0.39, 0.29) is 5.91 Å². The van der Waals surface area contributed by atoms with Crippen molar-refractivity contribution in [2.45, 2.75) is 38.5 Å². The van der Waals surface area contributed by atoms with E-state index in [1.165, 1.54) is 48.3 Å². The summed E-state index contributed by atoms with van der Waals surface area (Å²) in [5, 5.41) is 3.96. The molecule has 0 bridgehead atoms. The van der Waals surface area contributed by atoms with E-state index in [0.29, 0.717) is 17.1 Å². The minimum Gasteiger partial charge on any atom is -0.397 e. The summed E-state index contributed by atoms with van der Waals surface area (Å²) in [6.45, 7) is 4.86. The molecular formula is C20H28N4O2S. The van der Waals surface area contributed by atoms with E-state index < -0.39 is 0 Å². The molecule has 1 aliphatic heterocycles. The van der Waals surface area contributed by atoms with E-state index >= 15 is 0 Å². The zero-order valence-electron chi connectivity index (χ0n) is 15.8. The quantitative estimate of drug-likeness (QED) is 0.842. The van der Waals surface area contributed by atoms with E-state index in [2.05, 4.69) is 16.3 Å². The van der Waals surface area contributed by atoms with Crippen molar-refractivity contribution in [3.8, 4) is 0 Å². The average molecular weight is 389 g/mol. The van der Waals surface area contributed by atoms with Crippen LogP contribution in [0.3, 0.4) is 0 Å². The number of fused-ring (bicyclic) bond motifs is 2. The number of nitrogens with one attached hydrogen (secondary N) is 1. The molecule has 3 N–H and O–H groups in total. The molecule has 0 saturated carbocycles. The van der Waals surface area contributed by atoms with E-state index in [0.717, 1.165) is 55.9 Å². The van der Waals surface area contributed by atoms with Crippen LogP contribution in [0.15, 0.2) is 6.07 Å². The van der Waals surface area contributed by atoms with Crippen LogP contribution in [0.4, 0.5) is 5.69 Å². The number of anilines is 1. The van der Waals surface area contributed by atoms with E-state index in [1.807, 2.05) is 0 Å². The molecule has 4 rings (SSSR count). The number of carbonyl (C=O) groups is 1.